The van der Waals surface area contributed by atoms with Gasteiger partial charge in [0.15, 0.2) is 6.10 Å². The Kier molecular flexibility index (Phi) is 7.05. The van der Waals surface area contributed by atoms with Crippen LogP contribution in [-0.2, 0) is 19.0 Å². The summed E-state index contributed by atoms with van der Waals surface area (Å²) in [7, 11) is 0. The number of allylic oxidation sites excluding steroid dienone is 1. The smallest absolute Gasteiger partial charge is 0.459 e. The fourth-order valence-electron chi connectivity index (χ4n) is 0.688. The first-order chi connectivity index (χ1) is 7.11. The summed E-state index contributed by atoms with van der Waals surface area (Å²) in [5.74, 6) is -0.596. The Hall–Kier alpha value is -1.52. The zero-order chi connectivity index (χ0) is 11.7. The zero-order valence-electron chi connectivity index (χ0n) is 9.19. The molecule has 0 fully saturated rings. The van der Waals surface area contributed by atoms with E-state index in [0.717, 1.165) is 0 Å². The quantitative estimate of drug-likeness (QED) is 0.516. The summed E-state index contributed by atoms with van der Waals surface area (Å²) >= 11 is 0. The third kappa shape index (κ3) is 6.54. The van der Waals surface area contributed by atoms with E-state index in [-0.39, 0.29) is 13.2 Å². The molecule has 0 aliphatic heterocycles. The van der Waals surface area contributed by atoms with Gasteiger partial charge in [-0.1, -0.05) is 12.2 Å². The van der Waals surface area contributed by atoms with Crippen molar-refractivity contribution in [1.82, 2.24) is 0 Å². The molecule has 0 heterocycles. The third-order valence-corrected chi connectivity index (χ3v) is 1.42. The summed E-state index contributed by atoms with van der Waals surface area (Å²) < 4.78 is 13.9. The average Bonchev–Trinajstić information content (AvgIpc) is 2.18. The van der Waals surface area contributed by atoms with Crippen LogP contribution in [0.1, 0.15) is 20.8 Å². The van der Waals surface area contributed by atoms with Gasteiger partial charge in [0, 0.05) is 0 Å². The maximum atomic E-state index is 11.2. The number of ether oxygens (including phenoxy) is 3. The van der Waals surface area contributed by atoms with E-state index in [2.05, 4.69) is 9.47 Å². The van der Waals surface area contributed by atoms with Crippen LogP contribution in [0.25, 0.3) is 0 Å². The monoisotopic (exact) mass is 216 g/mol. The Balaban J connectivity index is 3.82. The maximum absolute atomic E-state index is 11.2. The topological polar surface area (TPSA) is 61.8 Å². The van der Waals surface area contributed by atoms with Crippen molar-refractivity contribution in [1.29, 1.82) is 0 Å². The molecule has 0 aromatic heterocycles. The van der Waals surface area contributed by atoms with Crippen LogP contribution in [0.2, 0.25) is 0 Å². The standard InChI is InChI=1S/C10H16O5/c1-4-6-7-14-9(11)8(3)15-10(12)13-5-2/h4,6,8H,5,7H2,1-3H3/b6-4+/t8-/m1/s1. The Labute approximate surface area is 89.0 Å². The normalized spacial score (nSPS) is 12.2. The van der Waals surface area contributed by atoms with Gasteiger partial charge in [0.1, 0.15) is 6.61 Å². The second kappa shape index (κ2) is 7.84. The highest BCUT2D eigenvalue weighted by Crippen LogP contribution is 1.97. The van der Waals surface area contributed by atoms with Crippen LogP contribution in [-0.4, -0.2) is 31.4 Å². The Morgan fingerprint density at radius 3 is 2.53 bits per heavy atom. The van der Waals surface area contributed by atoms with Crippen molar-refractivity contribution in [3.63, 3.8) is 0 Å². The van der Waals surface area contributed by atoms with E-state index in [0.29, 0.717) is 0 Å². The van der Waals surface area contributed by atoms with Gasteiger partial charge in [0.05, 0.1) is 6.61 Å². The van der Waals surface area contributed by atoms with Gasteiger partial charge in [-0.05, 0) is 20.8 Å². The van der Waals surface area contributed by atoms with Gasteiger partial charge >= 0.3 is 12.1 Å². The molecule has 0 bridgehead atoms. The molecule has 0 amide bonds. The molecule has 0 saturated heterocycles. The van der Waals surface area contributed by atoms with Crippen molar-refractivity contribution >= 4 is 12.1 Å². The van der Waals surface area contributed by atoms with Crippen molar-refractivity contribution in [3.05, 3.63) is 12.2 Å². The molecule has 1 atom stereocenters. The second-order valence-electron chi connectivity index (χ2n) is 2.64. The van der Waals surface area contributed by atoms with Gasteiger partial charge in [0.2, 0.25) is 0 Å². The molecule has 0 aromatic rings. The predicted molar refractivity (Wildman–Crippen MR) is 53.3 cm³/mol. The fourth-order valence-corrected chi connectivity index (χ4v) is 0.688. The lowest BCUT2D eigenvalue weighted by Crippen LogP contribution is -2.26. The first-order valence-corrected chi connectivity index (χ1v) is 4.73. The maximum Gasteiger partial charge on any atom is 0.509 e. The minimum atomic E-state index is -0.950. The fraction of sp³-hybridized carbons (Fsp3) is 0.600. The Morgan fingerprint density at radius 1 is 1.33 bits per heavy atom. The lowest BCUT2D eigenvalue weighted by atomic mass is 10.4. The molecule has 0 N–H and O–H groups in total. The molecule has 0 rings (SSSR count). The van der Waals surface area contributed by atoms with Gasteiger partial charge in [-0.2, -0.15) is 0 Å². The second-order valence-corrected chi connectivity index (χ2v) is 2.64. The van der Waals surface area contributed by atoms with Gasteiger partial charge in [-0.3, -0.25) is 0 Å². The number of carbonyl (C=O) groups excluding carboxylic acids is 2. The van der Waals surface area contributed by atoms with Crippen LogP contribution in [0.4, 0.5) is 4.79 Å². The highest BCUT2D eigenvalue weighted by Gasteiger charge is 2.19. The van der Waals surface area contributed by atoms with E-state index < -0.39 is 18.2 Å². The van der Waals surface area contributed by atoms with E-state index in [1.807, 2.05) is 6.92 Å². The molecule has 0 aromatic carbocycles. The molecule has 5 heteroatoms. The van der Waals surface area contributed by atoms with Crippen molar-refractivity contribution in [2.45, 2.75) is 26.9 Å². The highest BCUT2D eigenvalue weighted by molar-refractivity contribution is 5.77. The van der Waals surface area contributed by atoms with E-state index in [1.165, 1.54) is 6.92 Å². The minimum Gasteiger partial charge on any atom is -0.459 e. The molecule has 0 aliphatic carbocycles. The van der Waals surface area contributed by atoms with Crippen LogP contribution in [0.3, 0.4) is 0 Å². The van der Waals surface area contributed by atoms with Crippen molar-refractivity contribution in [3.8, 4) is 0 Å². The van der Waals surface area contributed by atoms with Crippen LogP contribution < -0.4 is 0 Å². The predicted octanol–water partition coefficient (Wildman–Crippen LogP) is 1.67. The van der Waals surface area contributed by atoms with E-state index in [1.54, 1.807) is 19.1 Å². The van der Waals surface area contributed by atoms with E-state index in [4.69, 9.17) is 4.74 Å². The molecule has 86 valence electrons. The molecule has 0 aliphatic rings. The zero-order valence-corrected chi connectivity index (χ0v) is 9.19. The van der Waals surface area contributed by atoms with Gasteiger partial charge < -0.3 is 14.2 Å². The Bertz CT molecular complexity index is 234. The average molecular weight is 216 g/mol. The first-order valence-electron chi connectivity index (χ1n) is 4.73. The van der Waals surface area contributed by atoms with Gasteiger partial charge in [0.25, 0.3) is 0 Å². The molecular formula is C10H16O5. The Morgan fingerprint density at radius 2 is 2.00 bits per heavy atom. The molecule has 0 saturated carbocycles. The first kappa shape index (κ1) is 13.5. The van der Waals surface area contributed by atoms with Crippen LogP contribution in [0, 0.1) is 0 Å². The largest absolute Gasteiger partial charge is 0.509 e. The van der Waals surface area contributed by atoms with E-state index in [9.17, 15) is 9.59 Å². The van der Waals surface area contributed by atoms with Crippen molar-refractivity contribution in [2.75, 3.05) is 13.2 Å². The summed E-state index contributed by atoms with van der Waals surface area (Å²) in [6.45, 7) is 5.27. The summed E-state index contributed by atoms with van der Waals surface area (Å²) in [5.41, 5.74) is 0. The highest BCUT2D eigenvalue weighted by atomic mass is 16.7. The van der Waals surface area contributed by atoms with Gasteiger partial charge in [-0.25, -0.2) is 9.59 Å². The lowest BCUT2D eigenvalue weighted by molar-refractivity contribution is -0.152. The van der Waals surface area contributed by atoms with Crippen molar-refractivity contribution < 1.29 is 23.8 Å². The lowest BCUT2D eigenvalue weighted by Gasteiger charge is -2.11. The summed E-state index contributed by atoms with van der Waals surface area (Å²) in [6.07, 6.45) is 1.61. The molecule has 0 radical (unpaired) electrons. The van der Waals surface area contributed by atoms with E-state index >= 15 is 0 Å². The number of carbonyl (C=O) groups is 2. The third-order valence-electron chi connectivity index (χ3n) is 1.42. The number of hydrogen-bond donors (Lipinski definition) is 0. The van der Waals surface area contributed by atoms with Crippen LogP contribution in [0.5, 0.6) is 0 Å². The summed E-state index contributed by atoms with van der Waals surface area (Å²) in [5, 5.41) is 0. The molecule has 0 spiro atoms. The minimum absolute atomic E-state index is 0.172. The number of hydrogen-bond acceptors (Lipinski definition) is 5. The summed E-state index contributed by atoms with van der Waals surface area (Å²) in [4.78, 5) is 22.0. The molecule has 15 heavy (non-hydrogen) atoms. The van der Waals surface area contributed by atoms with Crippen LogP contribution >= 0.6 is 0 Å². The van der Waals surface area contributed by atoms with Gasteiger partial charge in [-0.15, -0.1) is 0 Å². The molecule has 5 nitrogen and oxygen atoms in total. The number of esters is 1. The molecule has 0 unspecified atom stereocenters. The van der Waals surface area contributed by atoms with Crippen molar-refractivity contribution in [2.24, 2.45) is 0 Å². The number of rotatable bonds is 5. The van der Waals surface area contributed by atoms with Crippen LogP contribution in [0.15, 0.2) is 12.2 Å². The summed E-state index contributed by atoms with van der Waals surface area (Å²) in [6, 6.07) is 0. The molecular weight excluding hydrogens is 200 g/mol. The SMILES string of the molecule is C/C=C/COC(=O)[C@@H](C)OC(=O)OCC.